The van der Waals surface area contributed by atoms with Gasteiger partial charge in [-0.2, -0.15) is 15.0 Å². The average Bonchev–Trinajstić information content (AvgIpc) is 3.07. The lowest BCUT2D eigenvalue weighted by Gasteiger charge is -2.21. The summed E-state index contributed by atoms with van der Waals surface area (Å²) in [7, 11) is 1.80. The number of anilines is 2. The lowest BCUT2D eigenvalue weighted by molar-refractivity contribution is 0.312. The van der Waals surface area contributed by atoms with Crippen LogP contribution < -0.4 is 15.4 Å². The van der Waals surface area contributed by atoms with Crippen LogP contribution in [0.15, 0.2) is 0 Å². The molecule has 6 nitrogen and oxygen atoms in total. The molecule has 0 amide bonds. The molecule has 2 aliphatic rings. The van der Waals surface area contributed by atoms with Crippen molar-refractivity contribution in [2.24, 2.45) is 17.8 Å². The van der Waals surface area contributed by atoms with E-state index in [9.17, 15) is 0 Å². The Balaban J connectivity index is 1.62. The minimum absolute atomic E-state index is 0.377. The summed E-state index contributed by atoms with van der Waals surface area (Å²) in [5.41, 5.74) is 0. The summed E-state index contributed by atoms with van der Waals surface area (Å²) in [6.07, 6.45) is 5.63. The normalized spacial score (nSPS) is 27.6. The number of nitrogens with one attached hydrogen (secondary N) is 2. The fourth-order valence-electron chi connectivity index (χ4n) is 3.59. The zero-order valence-electron chi connectivity index (χ0n) is 12.2. The summed E-state index contributed by atoms with van der Waals surface area (Å²) < 4.78 is 5.37. The maximum Gasteiger partial charge on any atom is 0.323 e. The van der Waals surface area contributed by atoms with Crippen molar-refractivity contribution >= 4 is 11.9 Å². The van der Waals surface area contributed by atoms with Gasteiger partial charge in [-0.15, -0.1) is 0 Å². The molecule has 3 unspecified atom stereocenters. The molecular weight excluding hydrogens is 254 g/mol. The van der Waals surface area contributed by atoms with E-state index < -0.39 is 0 Å². The molecule has 1 aromatic heterocycles. The Morgan fingerprint density at radius 1 is 1.15 bits per heavy atom. The van der Waals surface area contributed by atoms with E-state index in [0.29, 0.717) is 24.5 Å². The quantitative estimate of drug-likeness (QED) is 0.830. The van der Waals surface area contributed by atoms with Crippen LogP contribution >= 0.6 is 0 Å². The van der Waals surface area contributed by atoms with Gasteiger partial charge in [0.15, 0.2) is 0 Å². The first-order chi connectivity index (χ1) is 9.78. The van der Waals surface area contributed by atoms with Gasteiger partial charge in [0, 0.05) is 13.6 Å². The third kappa shape index (κ3) is 2.78. The molecule has 110 valence electrons. The van der Waals surface area contributed by atoms with Crippen molar-refractivity contribution in [2.75, 3.05) is 30.8 Å². The molecule has 0 aliphatic heterocycles. The van der Waals surface area contributed by atoms with Crippen LogP contribution in [0.5, 0.6) is 6.01 Å². The number of aromatic nitrogens is 3. The van der Waals surface area contributed by atoms with Gasteiger partial charge in [0.2, 0.25) is 11.9 Å². The molecule has 6 heteroatoms. The standard InChI is InChI=1S/C14H23N5O/c1-3-20-14-18-12(15-2)17-13(19-14)16-8-11-7-9-4-5-10(11)6-9/h9-11H,3-8H2,1-2H3,(H2,15,16,17,18,19). The third-order valence-electron chi connectivity index (χ3n) is 4.52. The van der Waals surface area contributed by atoms with Crippen LogP contribution in [-0.2, 0) is 0 Å². The van der Waals surface area contributed by atoms with Gasteiger partial charge in [0.25, 0.3) is 0 Å². The van der Waals surface area contributed by atoms with Crippen LogP contribution in [0.3, 0.4) is 0 Å². The smallest absolute Gasteiger partial charge is 0.323 e. The number of ether oxygens (including phenoxy) is 1. The summed E-state index contributed by atoms with van der Waals surface area (Å²) >= 11 is 0. The number of fused-ring (bicyclic) bond motifs is 2. The van der Waals surface area contributed by atoms with Crippen LogP contribution in [0.2, 0.25) is 0 Å². The highest BCUT2D eigenvalue weighted by molar-refractivity contribution is 5.35. The number of rotatable bonds is 6. The van der Waals surface area contributed by atoms with Crippen LogP contribution in [0.4, 0.5) is 11.9 Å². The van der Waals surface area contributed by atoms with E-state index in [1.54, 1.807) is 7.05 Å². The van der Waals surface area contributed by atoms with E-state index in [2.05, 4.69) is 25.6 Å². The van der Waals surface area contributed by atoms with E-state index in [-0.39, 0.29) is 0 Å². The molecule has 2 fully saturated rings. The fraction of sp³-hybridized carbons (Fsp3) is 0.786. The third-order valence-corrected chi connectivity index (χ3v) is 4.52. The van der Waals surface area contributed by atoms with Gasteiger partial charge in [-0.25, -0.2) is 0 Å². The zero-order chi connectivity index (χ0) is 13.9. The molecule has 0 aromatic carbocycles. The predicted octanol–water partition coefficient (Wildman–Crippen LogP) is 2.16. The largest absolute Gasteiger partial charge is 0.464 e. The molecule has 2 N–H and O–H groups in total. The molecule has 1 aromatic rings. The molecule has 3 atom stereocenters. The highest BCUT2D eigenvalue weighted by Gasteiger charge is 2.39. The van der Waals surface area contributed by atoms with Crippen molar-refractivity contribution in [1.29, 1.82) is 0 Å². The van der Waals surface area contributed by atoms with Gasteiger partial charge in [-0.3, -0.25) is 0 Å². The summed E-state index contributed by atoms with van der Waals surface area (Å²) in [5, 5.41) is 6.30. The van der Waals surface area contributed by atoms with Crippen LogP contribution in [0.25, 0.3) is 0 Å². The SMILES string of the molecule is CCOc1nc(NC)nc(NCC2CC3CCC2C3)n1. The molecule has 3 rings (SSSR count). The fourth-order valence-corrected chi connectivity index (χ4v) is 3.59. The Labute approximate surface area is 119 Å². The van der Waals surface area contributed by atoms with E-state index in [0.717, 1.165) is 24.3 Å². The average molecular weight is 277 g/mol. The predicted molar refractivity (Wildman–Crippen MR) is 78.0 cm³/mol. The van der Waals surface area contributed by atoms with Gasteiger partial charge in [-0.1, -0.05) is 6.42 Å². The van der Waals surface area contributed by atoms with E-state index in [1.165, 1.54) is 25.7 Å². The Bertz CT molecular complexity index is 467. The van der Waals surface area contributed by atoms with Crippen LogP contribution in [-0.4, -0.2) is 35.2 Å². The van der Waals surface area contributed by atoms with Crippen LogP contribution in [0.1, 0.15) is 32.6 Å². The number of nitrogens with zero attached hydrogens (tertiary/aromatic N) is 3. The second-order valence-electron chi connectivity index (χ2n) is 5.76. The molecule has 2 bridgehead atoms. The Morgan fingerprint density at radius 3 is 2.65 bits per heavy atom. The van der Waals surface area contributed by atoms with Crippen molar-refractivity contribution < 1.29 is 4.74 Å². The van der Waals surface area contributed by atoms with Gasteiger partial charge in [0.05, 0.1) is 6.61 Å². The lowest BCUT2D eigenvalue weighted by atomic mass is 9.89. The lowest BCUT2D eigenvalue weighted by Crippen LogP contribution is -2.21. The topological polar surface area (TPSA) is 72.0 Å². The number of hydrogen-bond acceptors (Lipinski definition) is 6. The first-order valence-electron chi connectivity index (χ1n) is 7.59. The monoisotopic (exact) mass is 277 g/mol. The van der Waals surface area contributed by atoms with E-state index in [1.807, 2.05) is 6.92 Å². The molecular formula is C14H23N5O. The maximum atomic E-state index is 5.37. The summed E-state index contributed by atoms with van der Waals surface area (Å²) in [5.74, 6) is 3.80. The second kappa shape index (κ2) is 5.81. The molecule has 1 heterocycles. The summed E-state index contributed by atoms with van der Waals surface area (Å²) in [4.78, 5) is 12.8. The van der Waals surface area contributed by atoms with Gasteiger partial charge in [0.1, 0.15) is 0 Å². The van der Waals surface area contributed by atoms with Crippen LogP contribution in [0, 0.1) is 17.8 Å². The van der Waals surface area contributed by atoms with E-state index in [4.69, 9.17) is 4.74 Å². The zero-order valence-corrected chi connectivity index (χ0v) is 12.2. The van der Waals surface area contributed by atoms with Crippen molar-refractivity contribution in [1.82, 2.24) is 15.0 Å². The maximum absolute atomic E-state index is 5.37. The molecule has 2 saturated carbocycles. The molecule has 20 heavy (non-hydrogen) atoms. The first-order valence-corrected chi connectivity index (χ1v) is 7.59. The number of hydrogen-bond donors (Lipinski definition) is 2. The van der Waals surface area contributed by atoms with Gasteiger partial charge < -0.3 is 15.4 Å². The van der Waals surface area contributed by atoms with Crippen molar-refractivity contribution in [3.05, 3.63) is 0 Å². The Kier molecular flexibility index (Phi) is 3.89. The minimum atomic E-state index is 0.377. The first kappa shape index (κ1) is 13.4. The molecule has 0 spiro atoms. The minimum Gasteiger partial charge on any atom is -0.464 e. The molecule has 0 saturated heterocycles. The molecule has 0 radical (unpaired) electrons. The second-order valence-corrected chi connectivity index (χ2v) is 5.76. The van der Waals surface area contributed by atoms with Gasteiger partial charge >= 0.3 is 6.01 Å². The van der Waals surface area contributed by atoms with E-state index >= 15 is 0 Å². The summed E-state index contributed by atoms with van der Waals surface area (Å²) in [6, 6.07) is 0.377. The van der Waals surface area contributed by atoms with Gasteiger partial charge in [-0.05, 0) is 43.9 Å². The highest BCUT2D eigenvalue weighted by atomic mass is 16.5. The highest BCUT2D eigenvalue weighted by Crippen LogP contribution is 2.48. The Hall–Kier alpha value is -1.59. The van der Waals surface area contributed by atoms with Crippen molar-refractivity contribution in [2.45, 2.75) is 32.6 Å². The van der Waals surface area contributed by atoms with Crippen molar-refractivity contribution in [3.8, 4) is 6.01 Å². The Morgan fingerprint density at radius 2 is 2.00 bits per heavy atom. The molecule has 2 aliphatic carbocycles. The van der Waals surface area contributed by atoms with Crippen molar-refractivity contribution in [3.63, 3.8) is 0 Å². The summed E-state index contributed by atoms with van der Waals surface area (Å²) in [6.45, 7) is 3.43.